The van der Waals surface area contributed by atoms with Crippen molar-refractivity contribution in [2.75, 3.05) is 0 Å². The molecule has 0 bridgehead atoms. The Morgan fingerprint density at radius 3 is 2.55 bits per heavy atom. The summed E-state index contributed by atoms with van der Waals surface area (Å²) in [5, 5.41) is 9.12. The Balaban J connectivity index is 2.41. The van der Waals surface area contributed by atoms with Crippen molar-refractivity contribution < 1.29 is 14.6 Å². The summed E-state index contributed by atoms with van der Waals surface area (Å²) in [4.78, 5) is 10.8. The van der Waals surface area contributed by atoms with Crippen LogP contribution in [0.2, 0.25) is 0 Å². The molecule has 1 fully saturated rings. The SMILES string of the molecule is CC(=O)[C@H]1CC[C@@H]([C@@H](C)O)O1. The molecule has 0 aromatic carbocycles. The van der Waals surface area contributed by atoms with E-state index in [4.69, 9.17) is 9.84 Å². The summed E-state index contributed by atoms with van der Waals surface area (Å²) in [6.07, 6.45) is 0.685. The maximum Gasteiger partial charge on any atom is 0.158 e. The first-order chi connectivity index (χ1) is 5.11. The Kier molecular flexibility index (Phi) is 2.62. The van der Waals surface area contributed by atoms with Gasteiger partial charge >= 0.3 is 0 Å². The van der Waals surface area contributed by atoms with Crippen LogP contribution in [0.1, 0.15) is 26.7 Å². The van der Waals surface area contributed by atoms with Crippen molar-refractivity contribution in [3.05, 3.63) is 0 Å². The first kappa shape index (κ1) is 8.68. The maximum atomic E-state index is 10.8. The standard InChI is InChI=1S/C8H14O3/c1-5(9)7-3-4-8(11-7)6(2)10/h5,7-9H,3-4H2,1-2H3/t5-,7+,8-/m1/s1. The molecule has 1 N–H and O–H groups in total. The summed E-state index contributed by atoms with van der Waals surface area (Å²) in [5.74, 6) is 0.0631. The summed E-state index contributed by atoms with van der Waals surface area (Å²) >= 11 is 0. The molecule has 3 heteroatoms. The van der Waals surface area contributed by atoms with Crippen LogP contribution in [0, 0.1) is 0 Å². The molecule has 0 aliphatic carbocycles. The molecule has 3 nitrogen and oxygen atoms in total. The van der Waals surface area contributed by atoms with E-state index >= 15 is 0 Å². The van der Waals surface area contributed by atoms with Crippen LogP contribution in [0.25, 0.3) is 0 Å². The van der Waals surface area contributed by atoms with Crippen molar-refractivity contribution in [2.45, 2.75) is 45.0 Å². The predicted octanol–water partition coefficient (Wildman–Crippen LogP) is 0.504. The number of carbonyl (C=O) groups excluding carboxylic acids is 1. The quantitative estimate of drug-likeness (QED) is 0.636. The summed E-state index contributed by atoms with van der Waals surface area (Å²) in [6.45, 7) is 3.21. The second-order valence-corrected chi connectivity index (χ2v) is 3.09. The van der Waals surface area contributed by atoms with Crippen LogP contribution in [0.15, 0.2) is 0 Å². The zero-order chi connectivity index (χ0) is 8.43. The van der Waals surface area contributed by atoms with Gasteiger partial charge in [-0.2, -0.15) is 0 Å². The molecular weight excluding hydrogens is 144 g/mol. The highest BCUT2D eigenvalue weighted by molar-refractivity contribution is 5.80. The highest BCUT2D eigenvalue weighted by Crippen LogP contribution is 2.22. The molecule has 0 unspecified atom stereocenters. The van der Waals surface area contributed by atoms with Gasteiger partial charge in [0.2, 0.25) is 0 Å². The lowest BCUT2D eigenvalue weighted by Gasteiger charge is -2.13. The number of aliphatic hydroxyl groups excluding tert-OH is 1. The summed E-state index contributed by atoms with van der Waals surface area (Å²) in [5.41, 5.74) is 0. The monoisotopic (exact) mass is 158 g/mol. The van der Waals surface area contributed by atoms with E-state index in [2.05, 4.69) is 0 Å². The summed E-state index contributed by atoms with van der Waals surface area (Å²) < 4.78 is 5.28. The summed E-state index contributed by atoms with van der Waals surface area (Å²) in [6, 6.07) is 0. The topological polar surface area (TPSA) is 46.5 Å². The minimum absolute atomic E-state index is 0.0631. The van der Waals surface area contributed by atoms with Crippen LogP contribution >= 0.6 is 0 Å². The third kappa shape index (κ3) is 2.01. The number of hydrogen-bond acceptors (Lipinski definition) is 3. The van der Waals surface area contributed by atoms with E-state index in [0.29, 0.717) is 0 Å². The molecule has 0 spiro atoms. The van der Waals surface area contributed by atoms with E-state index in [-0.39, 0.29) is 18.0 Å². The van der Waals surface area contributed by atoms with Gasteiger partial charge in [-0.3, -0.25) is 4.79 Å². The van der Waals surface area contributed by atoms with Gasteiger partial charge in [-0.1, -0.05) is 0 Å². The fourth-order valence-corrected chi connectivity index (χ4v) is 1.32. The predicted molar refractivity (Wildman–Crippen MR) is 40.3 cm³/mol. The van der Waals surface area contributed by atoms with E-state index < -0.39 is 6.10 Å². The van der Waals surface area contributed by atoms with Crippen LogP contribution in [-0.4, -0.2) is 29.2 Å². The number of hydrogen-bond donors (Lipinski definition) is 1. The summed E-state index contributed by atoms with van der Waals surface area (Å²) in [7, 11) is 0. The lowest BCUT2D eigenvalue weighted by molar-refractivity contribution is -0.129. The van der Waals surface area contributed by atoms with Gasteiger partial charge in [0, 0.05) is 0 Å². The Hall–Kier alpha value is -0.410. The van der Waals surface area contributed by atoms with E-state index in [0.717, 1.165) is 12.8 Å². The second-order valence-electron chi connectivity index (χ2n) is 3.09. The lowest BCUT2D eigenvalue weighted by Crippen LogP contribution is -2.25. The molecule has 0 radical (unpaired) electrons. The van der Waals surface area contributed by atoms with Crippen LogP contribution in [0.4, 0.5) is 0 Å². The largest absolute Gasteiger partial charge is 0.391 e. The fourth-order valence-electron chi connectivity index (χ4n) is 1.32. The van der Waals surface area contributed by atoms with Crippen LogP contribution < -0.4 is 0 Å². The average Bonchev–Trinajstić information content (AvgIpc) is 2.33. The van der Waals surface area contributed by atoms with Crippen molar-refractivity contribution >= 4 is 5.78 Å². The van der Waals surface area contributed by atoms with Crippen molar-refractivity contribution in [1.29, 1.82) is 0 Å². The fraction of sp³-hybridized carbons (Fsp3) is 0.875. The normalized spacial score (nSPS) is 33.7. The van der Waals surface area contributed by atoms with Crippen molar-refractivity contribution in [1.82, 2.24) is 0 Å². The molecule has 11 heavy (non-hydrogen) atoms. The molecule has 0 aromatic rings. The van der Waals surface area contributed by atoms with Crippen molar-refractivity contribution in [2.24, 2.45) is 0 Å². The first-order valence-electron chi connectivity index (χ1n) is 3.95. The zero-order valence-electron chi connectivity index (χ0n) is 6.91. The molecule has 0 aromatic heterocycles. The smallest absolute Gasteiger partial charge is 0.158 e. The van der Waals surface area contributed by atoms with Gasteiger partial charge in [-0.15, -0.1) is 0 Å². The molecule has 3 atom stereocenters. The molecule has 1 saturated heterocycles. The molecule has 64 valence electrons. The van der Waals surface area contributed by atoms with Crippen LogP contribution in [-0.2, 0) is 9.53 Å². The van der Waals surface area contributed by atoms with Gasteiger partial charge < -0.3 is 9.84 Å². The van der Waals surface area contributed by atoms with E-state index in [1.54, 1.807) is 6.92 Å². The molecular formula is C8H14O3. The van der Waals surface area contributed by atoms with Gasteiger partial charge in [-0.05, 0) is 26.7 Å². The lowest BCUT2D eigenvalue weighted by atomic mass is 10.1. The number of carbonyl (C=O) groups is 1. The Morgan fingerprint density at radius 1 is 1.64 bits per heavy atom. The van der Waals surface area contributed by atoms with Crippen molar-refractivity contribution in [3.63, 3.8) is 0 Å². The molecule has 0 saturated carbocycles. The van der Waals surface area contributed by atoms with Crippen LogP contribution in [0.3, 0.4) is 0 Å². The van der Waals surface area contributed by atoms with Gasteiger partial charge in [0.05, 0.1) is 12.2 Å². The van der Waals surface area contributed by atoms with E-state index in [1.807, 2.05) is 0 Å². The number of rotatable bonds is 2. The zero-order valence-corrected chi connectivity index (χ0v) is 6.91. The van der Waals surface area contributed by atoms with Gasteiger partial charge in [-0.25, -0.2) is 0 Å². The first-order valence-corrected chi connectivity index (χ1v) is 3.95. The van der Waals surface area contributed by atoms with Gasteiger partial charge in [0.1, 0.15) is 6.10 Å². The van der Waals surface area contributed by atoms with Crippen LogP contribution in [0.5, 0.6) is 0 Å². The van der Waals surface area contributed by atoms with Gasteiger partial charge in [0.25, 0.3) is 0 Å². The molecule has 1 aliphatic rings. The van der Waals surface area contributed by atoms with Gasteiger partial charge in [0.15, 0.2) is 5.78 Å². The highest BCUT2D eigenvalue weighted by Gasteiger charge is 2.30. The minimum atomic E-state index is -0.459. The molecule has 1 heterocycles. The number of Topliss-reactive ketones (excluding diaryl/α,β-unsaturated/α-hetero) is 1. The van der Waals surface area contributed by atoms with E-state index in [1.165, 1.54) is 6.92 Å². The maximum absolute atomic E-state index is 10.8. The molecule has 1 rings (SSSR count). The average molecular weight is 158 g/mol. The molecule has 1 aliphatic heterocycles. The Bertz CT molecular complexity index is 153. The molecule has 0 amide bonds. The third-order valence-corrected chi connectivity index (χ3v) is 2.04. The van der Waals surface area contributed by atoms with E-state index in [9.17, 15) is 4.79 Å². The number of ketones is 1. The highest BCUT2D eigenvalue weighted by atomic mass is 16.5. The Morgan fingerprint density at radius 2 is 2.27 bits per heavy atom. The number of aliphatic hydroxyl groups is 1. The van der Waals surface area contributed by atoms with Crippen molar-refractivity contribution in [3.8, 4) is 0 Å². The Labute approximate surface area is 66.4 Å². The third-order valence-electron chi connectivity index (χ3n) is 2.04. The minimum Gasteiger partial charge on any atom is -0.391 e. The second kappa shape index (κ2) is 3.32. The number of ether oxygens (including phenoxy) is 1.